The molecule has 0 fully saturated rings. The van der Waals surface area contributed by atoms with Gasteiger partial charge in [0.25, 0.3) is 0 Å². The van der Waals surface area contributed by atoms with E-state index < -0.39 is 0 Å². The maximum Gasteiger partial charge on any atom is 0.187 e. The van der Waals surface area contributed by atoms with Crippen LogP contribution in [0.4, 0.5) is 0 Å². The number of rotatable bonds is 3. The van der Waals surface area contributed by atoms with Gasteiger partial charge in [-0.25, -0.2) is 0 Å². The van der Waals surface area contributed by atoms with Gasteiger partial charge in [0.05, 0.1) is 5.69 Å². The monoisotopic (exact) mass is 337 g/mol. The van der Waals surface area contributed by atoms with E-state index in [0.717, 1.165) is 33.5 Å². The van der Waals surface area contributed by atoms with E-state index in [1.807, 2.05) is 44.5 Å². The average Bonchev–Trinajstić information content (AvgIpc) is 2.87. The summed E-state index contributed by atoms with van der Waals surface area (Å²) in [6.45, 7) is 7.81. The van der Waals surface area contributed by atoms with E-state index in [-0.39, 0.29) is 11.6 Å². The molecular formula is C20H23N3O2. The lowest BCUT2D eigenvalue weighted by atomic mass is 9.93. The third kappa shape index (κ3) is 3.24. The van der Waals surface area contributed by atoms with E-state index in [0.29, 0.717) is 5.69 Å². The van der Waals surface area contributed by atoms with Gasteiger partial charge >= 0.3 is 0 Å². The van der Waals surface area contributed by atoms with Gasteiger partial charge in [0.15, 0.2) is 5.84 Å². The fourth-order valence-corrected chi connectivity index (χ4v) is 2.82. The lowest BCUT2D eigenvalue weighted by molar-refractivity contribution is 0.318. The van der Waals surface area contributed by atoms with Crippen molar-refractivity contribution >= 4 is 11.4 Å². The zero-order chi connectivity index (χ0) is 18.7. The molecule has 5 nitrogen and oxygen atoms in total. The normalized spacial score (nSPS) is 11.0. The molecule has 2 aromatic rings. The van der Waals surface area contributed by atoms with Crippen LogP contribution in [0, 0.1) is 11.8 Å². The predicted octanol–water partition coefficient (Wildman–Crippen LogP) is 3.68. The fourth-order valence-electron chi connectivity index (χ4n) is 2.82. The molecule has 5 heteroatoms. The molecule has 1 heterocycles. The molecule has 0 unspecified atom stereocenters. The van der Waals surface area contributed by atoms with Crippen molar-refractivity contribution < 1.29 is 10.3 Å². The Kier molecular flexibility index (Phi) is 5.23. The lowest BCUT2D eigenvalue weighted by Gasteiger charge is -2.10. The highest BCUT2D eigenvalue weighted by Crippen LogP contribution is 2.38. The van der Waals surface area contributed by atoms with Gasteiger partial charge in [-0.2, -0.15) is 0 Å². The zero-order valence-electron chi connectivity index (χ0n) is 15.2. The van der Waals surface area contributed by atoms with Gasteiger partial charge in [0.1, 0.15) is 11.4 Å². The molecule has 0 atom stereocenters. The van der Waals surface area contributed by atoms with Crippen LogP contribution in [0.5, 0.6) is 5.75 Å². The number of benzene rings is 1. The number of aromatic nitrogens is 1. The molecule has 0 saturated carbocycles. The third-order valence-corrected chi connectivity index (χ3v) is 4.27. The summed E-state index contributed by atoms with van der Waals surface area (Å²) in [5, 5.41) is 22.1. The summed E-state index contributed by atoms with van der Waals surface area (Å²) >= 11 is 0. The van der Waals surface area contributed by atoms with Gasteiger partial charge in [-0.15, -0.1) is 0 Å². The summed E-state index contributed by atoms with van der Waals surface area (Å²) in [6, 6.07) is 6.94. The number of allylic oxidation sites excluding steroid dienone is 2. The Morgan fingerprint density at radius 1 is 1.16 bits per heavy atom. The summed E-state index contributed by atoms with van der Waals surface area (Å²) in [6.07, 6.45) is 0. The molecular weight excluding hydrogens is 314 g/mol. The van der Waals surface area contributed by atoms with Crippen molar-refractivity contribution in [2.45, 2.75) is 27.7 Å². The quantitative estimate of drug-likeness (QED) is 0.263. The van der Waals surface area contributed by atoms with Crippen molar-refractivity contribution in [2.24, 2.45) is 17.9 Å². The number of phenolic OH excluding ortho intramolecular Hbond substituents is 1. The van der Waals surface area contributed by atoms with Crippen LogP contribution >= 0.6 is 0 Å². The van der Waals surface area contributed by atoms with Crippen LogP contribution in [0.2, 0.25) is 0 Å². The second-order valence-electron chi connectivity index (χ2n) is 6.04. The Balaban J connectivity index is 3.03. The van der Waals surface area contributed by atoms with E-state index in [2.05, 4.69) is 17.0 Å². The number of phenols is 1. The summed E-state index contributed by atoms with van der Waals surface area (Å²) in [5.74, 6) is 6.28. The largest absolute Gasteiger partial charge is 0.508 e. The molecule has 2 rings (SSSR count). The third-order valence-electron chi connectivity index (χ3n) is 4.27. The van der Waals surface area contributed by atoms with Crippen LogP contribution in [-0.2, 0) is 7.05 Å². The van der Waals surface area contributed by atoms with Gasteiger partial charge in [-0.05, 0) is 56.9 Å². The summed E-state index contributed by atoms with van der Waals surface area (Å²) in [7, 11) is 1.85. The topological polar surface area (TPSA) is 83.8 Å². The second kappa shape index (κ2) is 7.18. The minimum absolute atomic E-state index is 0.0299. The Morgan fingerprint density at radius 2 is 1.76 bits per heavy atom. The van der Waals surface area contributed by atoms with Gasteiger partial charge in [-0.1, -0.05) is 28.8 Å². The van der Waals surface area contributed by atoms with Crippen LogP contribution in [0.25, 0.3) is 16.7 Å². The highest BCUT2D eigenvalue weighted by Gasteiger charge is 2.25. The smallest absolute Gasteiger partial charge is 0.187 e. The molecule has 0 amide bonds. The number of aromatic hydroxyl groups is 1. The number of nitrogens with two attached hydrogens (primary N) is 1. The number of nitrogens with zero attached hydrogens (tertiary/aromatic N) is 2. The number of oxime groups is 1. The molecule has 1 aromatic carbocycles. The SMILES string of the molecule is CC#Cc1c(-c2ccc(O)cc2)c(C(C)=C(C)C)c(C(N)=NO)n1C. The van der Waals surface area contributed by atoms with Gasteiger partial charge in [-0.3, -0.25) is 0 Å². The van der Waals surface area contributed by atoms with Gasteiger partial charge < -0.3 is 20.6 Å². The second-order valence-corrected chi connectivity index (χ2v) is 6.04. The van der Waals surface area contributed by atoms with Crippen LogP contribution in [0.3, 0.4) is 0 Å². The van der Waals surface area contributed by atoms with Crippen molar-refractivity contribution in [1.82, 2.24) is 4.57 Å². The minimum atomic E-state index is 0.0299. The van der Waals surface area contributed by atoms with Crippen LogP contribution in [0.1, 0.15) is 44.6 Å². The summed E-state index contributed by atoms with van der Waals surface area (Å²) in [4.78, 5) is 0. The molecule has 0 spiro atoms. The van der Waals surface area contributed by atoms with Gasteiger partial charge in [0, 0.05) is 18.2 Å². The molecule has 25 heavy (non-hydrogen) atoms. The van der Waals surface area contributed by atoms with E-state index in [4.69, 9.17) is 5.73 Å². The summed E-state index contributed by atoms with van der Waals surface area (Å²) in [5.41, 5.74) is 12.2. The average molecular weight is 337 g/mol. The maximum atomic E-state index is 9.61. The Morgan fingerprint density at radius 3 is 2.24 bits per heavy atom. The highest BCUT2D eigenvalue weighted by atomic mass is 16.4. The van der Waals surface area contributed by atoms with Crippen molar-refractivity contribution in [2.75, 3.05) is 0 Å². The molecule has 4 N–H and O–H groups in total. The first-order valence-corrected chi connectivity index (χ1v) is 7.90. The van der Waals surface area contributed by atoms with Crippen molar-refractivity contribution in [3.63, 3.8) is 0 Å². The Hall–Kier alpha value is -3.13. The highest BCUT2D eigenvalue weighted by molar-refractivity contribution is 6.04. The van der Waals surface area contributed by atoms with E-state index >= 15 is 0 Å². The van der Waals surface area contributed by atoms with E-state index in [1.165, 1.54) is 0 Å². The first kappa shape index (κ1) is 18.2. The van der Waals surface area contributed by atoms with E-state index in [1.54, 1.807) is 19.1 Å². The number of hydrogen-bond donors (Lipinski definition) is 3. The molecule has 1 aromatic heterocycles. The van der Waals surface area contributed by atoms with E-state index in [9.17, 15) is 10.3 Å². The number of hydrogen-bond acceptors (Lipinski definition) is 3. The molecule has 130 valence electrons. The lowest BCUT2D eigenvalue weighted by Crippen LogP contribution is -2.19. The molecule has 0 aliphatic rings. The standard InChI is InChI=1S/C20H23N3O2/c1-6-7-16-18(14-8-10-15(24)11-9-14)17(13(4)12(2)3)19(23(16)5)20(21)22-25/h8-11,24-25H,1-5H3,(H2,21,22). The van der Waals surface area contributed by atoms with Crippen LogP contribution in [0.15, 0.2) is 35.0 Å². The van der Waals surface area contributed by atoms with Gasteiger partial charge in [0.2, 0.25) is 0 Å². The summed E-state index contributed by atoms with van der Waals surface area (Å²) < 4.78 is 1.84. The molecule has 0 aliphatic carbocycles. The zero-order valence-corrected chi connectivity index (χ0v) is 15.2. The first-order chi connectivity index (χ1) is 11.8. The Bertz CT molecular complexity index is 917. The molecule has 0 saturated heterocycles. The molecule has 0 bridgehead atoms. The fraction of sp³-hybridized carbons (Fsp3) is 0.250. The number of amidine groups is 1. The van der Waals surface area contributed by atoms with Crippen molar-refractivity contribution in [3.05, 3.63) is 46.8 Å². The van der Waals surface area contributed by atoms with Crippen molar-refractivity contribution in [1.29, 1.82) is 0 Å². The first-order valence-electron chi connectivity index (χ1n) is 7.90. The molecule has 0 radical (unpaired) electrons. The van der Waals surface area contributed by atoms with Crippen LogP contribution < -0.4 is 5.73 Å². The van der Waals surface area contributed by atoms with Crippen molar-refractivity contribution in [3.8, 4) is 28.7 Å². The maximum absolute atomic E-state index is 9.61. The molecule has 0 aliphatic heterocycles. The van der Waals surface area contributed by atoms with Crippen LogP contribution in [-0.4, -0.2) is 20.7 Å². The Labute approximate surface area is 148 Å². The predicted molar refractivity (Wildman–Crippen MR) is 102 cm³/mol. The minimum Gasteiger partial charge on any atom is -0.508 e.